The molecule has 1 fully saturated rings. The van der Waals surface area contributed by atoms with Gasteiger partial charge in [-0.25, -0.2) is 0 Å². The summed E-state index contributed by atoms with van der Waals surface area (Å²) in [5, 5.41) is 2.95. The molecule has 7 nitrogen and oxygen atoms in total. The lowest BCUT2D eigenvalue weighted by Crippen LogP contribution is -2.38. The number of rotatable bonds is 9. The highest BCUT2D eigenvalue weighted by Gasteiger charge is 2.19. The van der Waals surface area contributed by atoms with Crippen molar-refractivity contribution in [3.63, 3.8) is 0 Å². The highest BCUT2D eigenvalue weighted by molar-refractivity contribution is 6.09. The predicted molar refractivity (Wildman–Crippen MR) is 150 cm³/mol. The van der Waals surface area contributed by atoms with Crippen LogP contribution in [0, 0.1) is 6.92 Å². The van der Waals surface area contributed by atoms with Crippen molar-refractivity contribution in [1.29, 1.82) is 0 Å². The van der Waals surface area contributed by atoms with Crippen LogP contribution in [-0.2, 0) is 4.79 Å². The minimum absolute atomic E-state index is 0.0251. The van der Waals surface area contributed by atoms with Crippen molar-refractivity contribution in [3.05, 3.63) is 82.9 Å². The van der Waals surface area contributed by atoms with Gasteiger partial charge < -0.3 is 24.4 Å². The van der Waals surface area contributed by atoms with Crippen molar-refractivity contribution >= 4 is 29.7 Å². The first-order valence-electron chi connectivity index (χ1n) is 12.8. The summed E-state index contributed by atoms with van der Waals surface area (Å²) in [5.41, 5.74) is 3.77. The lowest BCUT2D eigenvalue weighted by Gasteiger charge is -2.26. The Labute approximate surface area is 224 Å². The average Bonchev–Trinajstić information content (AvgIpc) is 2.96. The van der Waals surface area contributed by atoms with E-state index in [0.29, 0.717) is 34.1 Å². The maximum Gasteiger partial charge on any atom is 0.260 e. The van der Waals surface area contributed by atoms with Crippen LogP contribution in [0.4, 0.5) is 5.69 Å². The molecule has 1 heterocycles. The summed E-state index contributed by atoms with van der Waals surface area (Å²) in [5.74, 6) is 1.37. The molecule has 0 spiro atoms. The Morgan fingerprint density at radius 3 is 2.24 bits per heavy atom. The Hall–Kier alpha value is -4.26. The van der Waals surface area contributed by atoms with Gasteiger partial charge in [0.05, 0.1) is 19.8 Å². The number of piperidine rings is 1. The quantitative estimate of drug-likeness (QED) is 0.364. The Kier molecular flexibility index (Phi) is 9.03. The van der Waals surface area contributed by atoms with E-state index in [0.717, 1.165) is 37.1 Å². The predicted octanol–water partition coefficient (Wildman–Crippen LogP) is 5.83. The molecule has 198 valence electrons. The number of hydrogen-bond donors (Lipinski definition) is 1. The van der Waals surface area contributed by atoms with Gasteiger partial charge in [-0.1, -0.05) is 42.0 Å². The summed E-state index contributed by atoms with van der Waals surface area (Å²) in [7, 11) is 3.10. The molecule has 3 aromatic rings. The number of nitrogens with zero attached hydrogens (tertiary/aromatic N) is 1. The molecule has 0 atom stereocenters. The van der Waals surface area contributed by atoms with Gasteiger partial charge in [-0.05, 0) is 67.6 Å². The van der Waals surface area contributed by atoms with Gasteiger partial charge in [0.2, 0.25) is 0 Å². The maximum atomic E-state index is 13.3. The standard InChI is InChI=1S/C31H34N2O5/c1-22-7-13-25(14-8-22)32-31(35)30-24(19-27(36-2)20-28(30)37-3)12-9-23-10-15-26(16-11-23)38-21-29(34)33-17-5-4-6-18-33/h7-16,19-20H,4-6,17-18,21H2,1-3H3,(H,32,35)/b12-9+. The summed E-state index contributed by atoms with van der Waals surface area (Å²) in [6.07, 6.45) is 7.05. The molecule has 1 saturated heterocycles. The largest absolute Gasteiger partial charge is 0.497 e. The lowest BCUT2D eigenvalue weighted by molar-refractivity contribution is -0.134. The maximum absolute atomic E-state index is 13.3. The van der Waals surface area contributed by atoms with Gasteiger partial charge >= 0.3 is 0 Å². The van der Waals surface area contributed by atoms with Crippen molar-refractivity contribution in [1.82, 2.24) is 4.90 Å². The SMILES string of the molecule is COc1cc(/C=C/c2ccc(OCC(=O)N3CCCCC3)cc2)c(C(=O)Nc2ccc(C)cc2)c(OC)c1. The van der Waals surface area contributed by atoms with E-state index < -0.39 is 0 Å². The minimum Gasteiger partial charge on any atom is -0.497 e. The molecule has 7 heteroatoms. The number of benzene rings is 3. The van der Waals surface area contributed by atoms with Gasteiger partial charge in [0.15, 0.2) is 6.61 Å². The first-order chi connectivity index (χ1) is 18.5. The number of methoxy groups -OCH3 is 2. The highest BCUT2D eigenvalue weighted by atomic mass is 16.5. The lowest BCUT2D eigenvalue weighted by atomic mass is 10.0. The molecular weight excluding hydrogens is 480 g/mol. The van der Waals surface area contributed by atoms with E-state index in [2.05, 4.69) is 5.32 Å². The van der Waals surface area contributed by atoms with Crippen molar-refractivity contribution in [2.75, 3.05) is 39.2 Å². The summed E-state index contributed by atoms with van der Waals surface area (Å²) in [4.78, 5) is 27.5. The minimum atomic E-state index is -0.282. The molecule has 0 unspecified atom stereocenters. The second kappa shape index (κ2) is 12.8. The van der Waals surface area contributed by atoms with Crippen molar-refractivity contribution in [2.24, 2.45) is 0 Å². The Bertz CT molecular complexity index is 1280. The van der Waals surface area contributed by atoms with Gasteiger partial charge in [-0.2, -0.15) is 0 Å². The summed E-state index contributed by atoms with van der Waals surface area (Å²) in [6.45, 7) is 3.66. The fraction of sp³-hybridized carbons (Fsp3) is 0.290. The zero-order valence-corrected chi connectivity index (χ0v) is 22.2. The van der Waals surface area contributed by atoms with Gasteiger partial charge in [-0.15, -0.1) is 0 Å². The second-order valence-corrected chi connectivity index (χ2v) is 9.25. The molecule has 2 amide bonds. The van der Waals surface area contributed by atoms with Crippen LogP contribution in [-0.4, -0.2) is 50.6 Å². The van der Waals surface area contributed by atoms with Crippen LogP contribution in [0.25, 0.3) is 12.2 Å². The van der Waals surface area contributed by atoms with Gasteiger partial charge in [-0.3, -0.25) is 9.59 Å². The van der Waals surface area contributed by atoms with E-state index in [9.17, 15) is 9.59 Å². The van der Waals surface area contributed by atoms with Crippen LogP contribution in [0.1, 0.15) is 46.3 Å². The number of hydrogen-bond acceptors (Lipinski definition) is 5. The Morgan fingerprint density at radius 2 is 1.58 bits per heavy atom. The number of carbonyl (C=O) groups excluding carboxylic acids is 2. The molecule has 1 aliphatic heterocycles. The molecule has 38 heavy (non-hydrogen) atoms. The first kappa shape index (κ1) is 26.8. The number of aryl methyl sites for hydroxylation is 1. The van der Waals surface area contributed by atoms with Crippen LogP contribution in [0.5, 0.6) is 17.2 Å². The van der Waals surface area contributed by atoms with Crippen LogP contribution in [0.3, 0.4) is 0 Å². The molecule has 3 aromatic carbocycles. The summed E-state index contributed by atoms with van der Waals surface area (Å²) in [6, 6.07) is 18.6. The number of nitrogens with one attached hydrogen (secondary N) is 1. The van der Waals surface area contributed by atoms with Crippen LogP contribution >= 0.6 is 0 Å². The first-order valence-corrected chi connectivity index (χ1v) is 12.8. The fourth-order valence-corrected chi connectivity index (χ4v) is 4.34. The van der Waals surface area contributed by atoms with Crippen LogP contribution < -0.4 is 19.5 Å². The van der Waals surface area contributed by atoms with Crippen molar-refractivity contribution in [3.8, 4) is 17.2 Å². The normalized spacial score (nSPS) is 13.3. The molecule has 0 radical (unpaired) electrons. The highest BCUT2D eigenvalue weighted by Crippen LogP contribution is 2.31. The van der Waals surface area contributed by atoms with E-state index in [-0.39, 0.29) is 18.4 Å². The van der Waals surface area contributed by atoms with E-state index in [4.69, 9.17) is 14.2 Å². The molecule has 1 N–H and O–H groups in total. The smallest absolute Gasteiger partial charge is 0.260 e. The number of anilines is 1. The summed E-state index contributed by atoms with van der Waals surface area (Å²) < 4.78 is 16.7. The van der Waals surface area contributed by atoms with Crippen LogP contribution in [0.2, 0.25) is 0 Å². The fourth-order valence-electron chi connectivity index (χ4n) is 4.34. The average molecular weight is 515 g/mol. The Morgan fingerprint density at radius 1 is 0.868 bits per heavy atom. The molecule has 0 aliphatic carbocycles. The van der Waals surface area contributed by atoms with Crippen molar-refractivity contribution in [2.45, 2.75) is 26.2 Å². The van der Waals surface area contributed by atoms with Crippen LogP contribution in [0.15, 0.2) is 60.7 Å². The van der Waals surface area contributed by atoms with E-state index in [1.807, 2.05) is 72.5 Å². The van der Waals surface area contributed by atoms with Gasteiger partial charge in [0.25, 0.3) is 11.8 Å². The number of ether oxygens (including phenoxy) is 3. The number of likely N-dealkylation sites (tertiary alicyclic amines) is 1. The molecule has 0 saturated carbocycles. The number of amides is 2. The zero-order valence-electron chi connectivity index (χ0n) is 22.2. The third kappa shape index (κ3) is 6.94. The third-order valence-corrected chi connectivity index (χ3v) is 6.50. The number of carbonyl (C=O) groups is 2. The molecular formula is C31H34N2O5. The van der Waals surface area contributed by atoms with E-state index in [1.165, 1.54) is 13.5 Å². The molecule has 1 aliphatic rings. The second-order valence-electron chi connectivity index (χ2n) is 9.25. The summed E-state index contributed by atoms with van der Waals surface area (Å²) >= 11 is 0. The zero-order chi connectivity index (χ0) is 26.9. The van der Waals surface area contributed by atoms with Crippen molar-refractivity contribution < 1.29 is 23.8 Å². The molecule has 0 aromatic heterocycles. The van der Waals surface area contributed by atoms with E-state index >= 15 is 0 Å². The third-order valence-electron chi connectivity index (χ3n) is 6.50. The topological polar surface area (TPSA) is 77.1 Å². The molecule has 4 rings (SSSR count). The Balaban J connectivity index is 1.49. The van der Waals surface area contributed by atoms with Gasteiger partial charge in [0.1, 0.15) is 17.2 Å². The molecule has 0 bridgehead atoms. The monoisotopic (exact) mass is 514 g/mol. The van der Waals surface area contributed by atoms with Gasteiger partial charge in [0, 0.05) is 24.8 Å². The van der Waals surface area contributed by atoms with E-state index in [1.54, 1.807) is 19.2 Å².